The van der Waals surface area contributed by atoms with Crippen LogP contribution in [0.5, 0.6) is 0 Å². The van der Waals surface area contributed by atoms with Crippen molar-refractivity contribution in [3.63, 3.8) is 0 Å². The minimum atomic E-state index is -2.37. The fraction of sp³-hybridized carbons (Fsp3) is 0.579. The van der Waals surface area contributed by atoms with Crippen molar-refractivity contribution in [1.82, 2.24) is 53.2 Å². The van der Waals surface area contributed by atoms with E-state index in [1.54, 1.807) is 44.2 Å². The Morgan fingerprint density at radius 1 is 0.638 bits per heavy atom. The number of hydrogen-bond acceptors (Lipinski definition) is 25. The number of hydrogen-bond donors (Lipinski definition) is 15. The summed E-state index contributed by atoms with van der Waals surface area (Å²) in [7, 11) is 0. The fourth-order valence-electron chi connectivity index (χ4n) is 12.2. The molecule has 0 saturated carbocycles. The molecule has 40 heteroatoms. The van der Waals surface area contributed by atoms with Crippen LogP contribution in [0.3, 0.4) is 0 Å². The Hall–Kier alpha value is -11.0. The van der Waals surface area contributed by atoms with Crippen molar-refractivity contribution in [2.45, 2.75) is 218 Å². The summed E-state index contributed by atoms with van der Waals surface area (Å²) in [5, 5.41) is 56.3. The SMILES string of the molecule is CCCCCCCCCC(=O)N[C@@H](Cc1ccccc1)C(=O)N[C@H](CC(N)=O)C(=O)C[C@@H](CC(=O)O)C(=O)N[C@@H]1C(=O)NCC(=O)N[C@@H](CCCC)C(=O)C[C@@H](COC=O)C(=O)N[C@H](C)C(=O)N[C@@H](COC=O)C(=O)NCC(=O)N[C@H](CO)C(=O)C[C@@H]([C@H](C)CC(=O)O)C(=O)N[C@@H](CC(=O)c2cc(Cl)cc(Cl)c2NCC)C(=O)O[C@@H]1C. The molecule has 3 rings (SSSR count). The predicted molar refractivity (Wildman–Crippen MR) is 412 cm³/mol. The molecule has 1 aliphatic rings. The number of nitrogens with one attached hydrogen (secondary N) is 11. The van der Waals surface area contributed by atoms with Gasteiger partial charge in [0, 0.05) is 68.0 Å². The van der Waals surface area contributed by atoms with Gasteiger partial charge in [0.15, 0.2) is 23.1 Å². The average Bonchev–Trinajstić information content (AvgIpc) is 0.818. The second-order valence-electron chi connectivity index (χ2n) is 27.9. The summed E-state index contributed by atoms with van der Waals surface area (Å²) < 4.78 is 15.3. The number of ether oxygens (including phenoxy) is 3. The van der Waals surface area contributed by atoms with Gasteiger partial charge in [-0.05, 0) is 57.2 Å². The van der Waals surface area contributed by atoms with Crippen molar-refractivity contribution in [3.8, 4) is 0 Å². The van der Waals surface area contributed by atoms with E-state index >= 15 is 4.79 Å². The molecule has 640 valence electrons. The second kappa shape index (κ2) is 52.5. The normalized spacial score (nSPS) is 21.1. The number of benzene rings is 2. The van der Waals surface area contributed by atoms with Crippen molar-refractivity contribution in [2.24, 2.45) is 29.4 Å². The van der Waals surface area contributed by atoms with E-state index in [-0.39, 0.29) is 66.5 Å². The van der Waals surface area contributed by atoms with E-state index in [1.807, 2.05) is 0 Å². The summed E-state index contributed by atoms with van der Waals surface area (Å²) in [5.74, 6) is -29.3. The van der Waals surface area contributed by atoms with E-state index < -0.39 is 262 Å². The standard InChI is InChI=1S/C76H106Cl2N12O26/c1-7-10-12-13-14-15-19-23-62(99)85-53(25-44-20-17-16-18-21-44)74(111)87-52(33-61(79)98)59(96)26-45(28-66(104)105)70(107)90-67-43(6)116-76(113)54(32-57(94)49-29-47(77)30-50(78)68(49)80-9-3)88-72(109)48(41(4)24-65(102)103)31-60(97)55(36-91)86-64(101)34-81-73(110)56(38-115-40-93)89-69(106)42(5)83-71(108)46(37-114-39-92)27-58(95)51(22-11-8-2)84-63(100)35-82-75(67)112/h16-18,20-21,29-30,39-43,45-46,48,51-56,67,80,91H,7-15,19,22-28,31-38H2,1-6H3,(H2,79,98)(H,81,110)(H,82,112)(H,83,108)(H,84,100)(H,85,99)(H,86,101)(H,87,111)(H,88,109)(H,89,106)(H,90,107)(H,102,103)(H,104,105)/t41-,42-,43-,45+,46+,48+,51+,52-,53+,54+,55-,56+,67+/m1/s1. The fourth-order valence-corrected chi connectivity index (χ4v) is 12.7. The van der Waals surface area contributed by atoms with Crippen LogP contribution in [0, 0.1) is 23.7 Å². The Labute approximate surface area is 679 Å². The number of carbonyl (C=O) groups excluding carboxylic acids is 18. The van der Waals surface area contributed by atoms with E-state index in [0.717, 1.165) is 52.0 Å². The lowest BCUT2D eigenvalue weighted by Crippen LogP contribution is -2.57. The third-order valence-electron chi connectivity index (χ3n) is 18.5. The largest absolute Gasteiger partial charge is 0.481 e. The molecule has 2 aromatic carbocycles. The lowest BCUT2D eigenvalue weighted by Gasteiger charge is -2.29. The van der Waals surface area contributed by atoms with Gasteiger partial charge in [0.25, 0.3) is 12.9 Å². The molecular weight excluding hydrogens is 1570 g/mol. The average molecular weight is 1670 g/mol. The van der Waals surface area contributed by atoms with Crippen LogP contribution in [-0.2, 0) is 112 Å². The maximum atomic E-state index is 15.1. The van der Waals surface area contributed by atoms with Gasteiger partial charge in [0.1, 0.15) is 55.6 Å². The summed E-state index contributed by atoms with van der Waals surface area (Å²) in [6.45, 7) is 3.46. The van der Waals surface area contributed by atoms with Crippen LogP contribution >= 0.6 is 23.2 Å². The molecule has 38 nitrogen and oxygen atoms in total. The first-order valence-electron chi connectivity index (χ1n) is 38.0. The number of rotatable bonds is 40. The Morgan fingerprint density at radius 2 is 1.23 bits per heavy atom. The van der Waals surface area contributed by atoms with E-state index in [9.17, 15) is 106 Å². The minimum absolute atomic E-state index is 0.0169. The number of carboxylic acids is 2. The van der Waals surface area contributed by atoms with Gasteiger partial charge in [-0.15, -0.1) is 0 Å². The molecule has 116 heavy (non-hydrogen) atoms. The number of nitrogens with two attached hydrogens (primary N) is 1. The number of carbonyl (C=O) groups is 20. The lowest BCUT2D eigenvalue weighted by molar-refractivity contribution is -0.156. The van der Waals surface area contributed by atoms with E-state index in [1.165, 1.54) is 13.0 Å². The molecule has 0 radical (unpaired) electrons. The summed E-state index contributed by atoms with van der Waals surface area (Å²) in [5.41, 5.74) is 5.79. The van der Waals surface area contributed by atoms with Crippen LogP contribution in [0.15, 0.2) is 42.5 Å². The second-order valence-corrected chi connectivity index (χ2v) is 28.7. The highest BCUT2D eigenvalue weighted by Gasteiger charge is 2.41. The first-order valence-corrected chi connectivity index (χ1v) is 38.7. The molecule has 13 atom stereocenters. The topological polar surface area (TPSA) is 588 Å². The van der Waals surface area contributed by atoms with Crippen LogP contribution < -0.4 is 64.2 Å². The number of cyclic esters (lactones) is 1. The van der Waals surface area contributed by atoms with Crippen LogP contribution in [0.25, 0.3) is 0 Å². The highest BCUT2D eigenvalue weighted by atomic mass is 35.5. The number of aliphatic hydroxyl groups excluding tert-OH is 1. The molecule has 0 unspecified atom stereocenters. The molecule has 11 amide bonds. The highest BCUT2D eigenvalue weighted by molar-refractivity contribution is 6.37. The first-order chi connectivity index (χ1) is 55.0. The smallest absolute Gasteiger partial charge is 0.329 e. The molecule has 0 bridgehead atoms. The Morgan fingerprint density at radius 3 is 1.84 bits per heavy atom. The Bertz CT molecular complexity index is 3800. The number of Topliss-reactive ketones (excluding diaryl/α,β-unsaturated/α-hetero) is 4. The zero-order chi connectivity index (χ0) is 86.7. The molecule has 1 saturated heterocycles. The summed E-state index contributed by atoms with van der Waals surface area (Å²) >= 11 is 12.9. The summed E-state index contributed by atoms with van der Waals surface area (Å²) in [6, 6.07) is -4.19. The van der Waals surface area contributed by atoms with Crippen LogP contribution in [0.4, 0.5) is 5.69 Å². The van der Waals surface area contributed by atoms with Crippen LogP contribution in [0.1, 0.15) is 173 Å². The number of halogens is 2. The number of ketones is 4. The molecule has 0 aromatic heterocycles. The van der Waals surface area contributed by atoms with Gasteiger partial charge >= 0.3 is 17.9 Å². The third kappa shape index (κ3) is 35.8. The number of aliphatic carboxylic acids is 2. The van der Waals surface area contributed by atoms with Gasteiger partial charge in [0.2, 0.25) is 65.0 Å². The number of anilines is 1. The number of esters is 1. The van der Waals surface area contributed by atoms with Crippen molar-refractivity contribution >= 4 is 148 Å². The highest BCUT2D eigenvalue weighted by Crippen LogP contribution is 2.32. The van der Waals surface area contributed by atoms with Crippen molar-refractivity contribution in [1.29, 1.82) is 0 Å². The van der Waals surface area contributed by atoms with E-state index in [4.69, 9.17) is 43.1 Å². The molecule has 1 fully saturated rings. The summed E-state index contributed by atoms with van der Waals surface area (Å²) in [6.07, 6.45) is -3.02. The molecule has 0 aliphatic carbocycles. The molecular formula is C76H106Cl2N12O26. The van der Waals surface area contributed by atoms with E-state index in [2.05, 4.69) is 65.4 Å². The van der Waals surface area contributed by atoms with Gasteiger partial charge in [-0.3, -0.25) is 91.1 Å². The Balaban J connectivity index is 2.34. The zero-order valence-corrected chi connectivity index (χ0v) is 67.0. The number of amides is 11. The van der Waals surface area contributed by atoms with Crippen LogP contribution in [0.2, 0.25) is 10.0 Å². The quantitative estimate of drug-likeness (QED) is 0.0139. The monoisotopic (exact) mass is 1670 g/mol. The first kappa shape index (κ1) is 99.2. The zero-order valence-electron chi connectivity index (χ0n) is 65.4. The maximum Gasteiger partial charge on any atom is 0.329 e. The van der Waals surface area contributed by atoms with Crippen molar-refractivity contribution < 1.29 is 125 Å². The van der Waals surface area contributed by atoms with Gasteiger partial charge in [-0.2, -0.15) is 0 Å². The van der Waals surface area contributed by atoms with Crippen LogP contribution in [-0.4, -0.2) is 228 Å². The number of unbranched alkanes of at least 4 members (excludes halogenated alkanes) is 7. The van der Waals surface area contributed by atoms with Gasteiger partial charge in [-0.25, -0.2) is 4.79 Å². The van der Waals surface area contributed by atoms with Crippen molar-refractivity contribution in [2.75, 3.05) is 44.8 Å². The molecule has 2 aromatic rings. The predicted octanol–water partition coefficient (Wildman–Crippen LogP) is 0.173. The minimum Gasteiger partial charge on any atom is -0.481 e. The Kier molecular flexibility index (Phi) is 44.9. The summed E-state index contributed by atoms with van der Waals surface area (Å²) in [4.78, 5) is 274. The molecule has 16 N–H and O–H groups in total. The lowest BCUT2D eigenvalue weighted by atomic mass is 9.84. The van der Waals surface area contributed by atoms with E-state index in [0.29, 0.717) is 24.8 Å². The maximum absolute atomic E-state index is 15.1. The molecule has 0 spiro atoms. The van der Waals surface area contributed by atoms with Gasteiger partial charge < -0.3 is 93.7 Å². The van der Waals surface area contributed by atoms with Gasteiger partial charge in [-0.1, -0.05) is 126 Å². The number of primary amides is 1. The third-order valence-corrected chi connectivity index (χ3v) is 19.0. The number of carboxylic acid groups (broad SMARTS) is 2. The molecule has 1 heterocycles. The van der Waals surface area contributed by atoms with Crippen molar-refractivity contribution in [3.05, 3.63) is 63.6 Å². The molecule has 1 aliphatic heterocycles. The van der Waals surface area contributed by atoms with Gasteiger partial charge in [0.05, 0.1) is 67.2 Å². The number of aliphatic hydroxyl groups is 1.